The van der Waals surface area contributed by atoms with Gasteiger partial charge in [-0.2, -0.15) is 11.8 Å². The number of aromatic carboxylic acids is 1. The number of nitrogens with one attached hydrogen (secondary N) is 1. The molecular weight excluding hydrogens is 270 g/mol. The fourth-order valence-corrected chi connectivity index (χ4v) is 2.41. The molecule has 5 heteroatoms. The minimum absolute atomic E-state index is 0.156. The van der Waals surface area contributed by atoms with Crippen molar-refractivity contribution in [3.05, 3.63) is 28.8 Å². The van der Waals surface area contributed by atoms with Crippen molar-refractivity contribution in [1.29, 1.82) is 0 Å². The van der Waals surface area contributed by atoms with E-state index in [9.17, 15) is 4.79 Å². The number of benzene rings is 1. The molecule has 1 aromatic rings. The SMILES string of the molecule is CSCCCCCNc1cccc(Cl)c1C(=O)O. The minimum atomic E-state index is -0.995. The van der Waals surface area contributed by atoms with Crippen molar-refractivity contribution in [2.45, 2.75) is 19.3 Å². The van der Waals surface area contributed by atoms with Gasteiger partial charge in [-0.1, -0.05) is 24.1 Å². The molecule has 2 N–H and O–H groups in total. The number of rotatable bonds is 8. The van der Waals surface area contributed by atoms with E-state index in [1.807, 2.05) is 11.8 Å². The van der Waals surface area contributed by atoms with Crippen LogP contribution >= 0.6 is 23.4 Å². The molecule has 1 rings (SSSR count). The number of hydrogen-bond acceptors (Lipinski definition) is 3. The Labute approximate surface area is 117 Å². The van der Waals surface area contributed by atoms with E-state index in [1.54, 1.807) is 18.2 Å². The number of thioether (sulfide) groups is 1. The minimum Gasteiger partial charge on any atom is -0.478 e. The van der Waals surface area contributed by atoms with Crippen LogP contribution in [0.15, 0.2) is 18.2 Å². The molecule has 0 saturated carbocycles. The summed E-state index contributed by atoms with van der Waals surface area (Å²) in [6, 6.07) is 5.09. The quantitative estimate of drug-likeness (QED) is 0.710. The summed E-state index contributed by atoms with van der Waals surface area (Å²) < 4.78 is 0. The summed E-state index contributed by atoms with van der Waals surface area (Å²) in [6.07, 6.45) is 5.48. The third-order valence-corrected chi connectivity index (χ3v) is 3.58. The Bertz CT molecular complexity index is 399. The van der Waals surface area contributed by atoms with Gasteiger partial charge in [-0.15, -0.1) is 0 Å². The average molecular weight is 288 g/mol. The molecule has 0 fully saturated rings. The number of halogens is 1. The smallest absolute Gasteiger partial charge is 0.339 e. The van der Waals surface area contributed by atoms with Crippen molar-refractivity contribution < 1.29 is 9.90 Å². The molecule has 100 valence electrons. The van der Waals surface area contributed by atoms with Crippen LogP contribution < -0.4 is 5.32 Å². The second kappa shape index (κ2) is 8.27. The van der Waals surface area contributed by atoms with Gasteiger partial charge in [0.1, 0.15) is 5.56 Å². The van der Waals surface area contributed by atoms with Crippen LogP contribution in [0, 0.1) is 0 Å². The second-order valence-corrected chi connectivity index (χ2v) is 5.34. The molecule has 0 aliphatic carbocycles. The van der Waals surface area contributed by atoms with E-state index in [-0.39, 0.29) is 10.6 Å². The molecule has 0 heterocycles. The van der Waals surface area contributed by atoms with Crippen LogP contribution in [0.25, 0.3) is 0 Å². The van der Waals surface area contributed by atoms with Crippen molar-refractivity contribution in [3.8, 4) is 0 Å². The van der Waals surface area contributed by atoms with E-state index in [4.69, 9.17) is 16.7 Å². The first kappa shape index (κ1) is 15.2. The van der Waals surface area contributed by atoms with Gasteiger partial charge in [0.15, 0.2) is 0 Å². The van der Waals surface area contributed by atoms with Crippen LogP contribution in [-0.4, -0.2) is 29.6 Å². The highest BCUT2D eigenvalue weighted by Crippen LogP contribution is 2.24. The number of unbranched alkanes of at least 4 members (excludes halogenated alkanes) is 2. The van der Waals surface area contributed by atoms with Crippen LogP contribution in [0.2, 0.25) is 5.02 Å². The molecule has 18 heavy (non-hydrogen) atoms. The van der Waals surface area contributed by atoms with Crippen LogP contribution in [0.4, 0.5) is 5.69 Å². The van der Waals surface area contributed by atoms with E-state index in [0.29, 0.717) is 5.69 Å². The van der Waals surface area contributed by atoms with E-state index in [2.05, 4.69) is 11.6 Å². The topological polar surface area (TPSA) is 49.3 Å². The first-order valence-corrected chi connectivity index (χ1v) is 7.68. The Morgan fingerprint density at radius 3 is 2.83 bits per heavy atom. The molecule has 0 atom stereocenters. The lowest BCUT2D eigenvalue weighted by Crippen LogP contribution is -2.08. The molecular formula is C13H18ClNO2S. The van der Waals surface area contributed by atoms with E-state index in [0.717, 1.165) is 19.4 Å². The number of anilines is 1. The number of carboxylic acids is 1. The van der Waals surface area contributed by atoms with Gasteiger partial charge in [-0.3, -0.25) is 0 Å². The lowest BCUT2D eigenvalue weighted by atomic mass is 10.1. The maximum Gasteiger partial charge on any atom is 0.339 e. The lowest BCUT2D eigenvalue weighted by molar-refractivity contribution is 0.0698. The molecule has 0 radical (unpaired) electrons. The third-order valence-electron chi connectivity index (χ3n) is 2.57. The zero-order chi connectivity index (χ0) is 13.4. The van der Waals surface area contributed by atoms with E-state index in [1.165, 1.54) is 12.2 Å². The van der Waals surface area contributed by atoms with Crippen molar-refractivity contribution in [1.82, 2.24) is 0 Å². The van der Waals surface area contributed by atoms with Gasteiger partial charge in [0.25, 0.3) is 0 Å². The molecule has 0 amide bonds. The van der Waals surface area contributed by atoms with Crippen LogP contribution in [0.1, 0.15) is 29.6 Å². The Morgan fingerprint density at radius 1 is 1.39 bits per heavy atom. The van der Waals surface area contributed by atoms with Crippen molar-refractivity contribution in [2.24, 2.45) is 0 Å². The molecule has 0 bridgehead atoms. The van der Waals surface area contributed by atoms with Crippen molar-refractivity contribution in [2.75, 3.05) is 23.9 Å². The van der Waals surface area contributed by atoms with Gasteiger partial charge in [0.2, 0.25) is 0 Å². The van der Waals surface area contributed by atoms with Gasteiger partial charge < -0.3 is 10.4 Å². The predicted octanol–water partition coefficient (Wildman–Crippen LogP) is 3.98. The third kappa shape index (κ3) is 4.78. The van der Waals surface area contributed by atoms with Gasteiger partial charge >= 0.3 is 5.97 Å². The Hall–Kier alpha value is -0.870. The largest absolute Gasteiger partial charge is 0.478 e. The molecule has 1 aromatic carbocycles. The van der Waals surface area contributed by atoms with E-state index >= 15 is 0 Å². The number of carboxylic acid groups (broad SMARTS) is 1. The van der Waals surface area contributed by atoms with Crippen LogP contribution in [0.5, 0.6) is 0 Å². The molecule has 0 spiro atoms. The fourth-order valence-electron chi connectivity index (χ4n) is 1.66. The highest BCUT2D eigenvalue weighted by molar-refractivity contribution is 7.98. The summed E-state index contributed by atoms with van der Waals surface area (Å²) in [5, 5.41) is 12.5. The second-order valence-electron chi connectivity index (χ2n) is 3.95. The zero-order valence-corrected chi connectivity index (χ0v) is 12.0. The van der Waals surface area contributed by atoms with Crippen molar-refractivity contribution >= 4 is 35.0 Å². The number of carbonyl (C=O) groups is 1. The molecule has 0 aliphatic heterocycles. The zero-order valence-electron chi connectivity index (χ0n) is 10.4. The Balaban J connectivity index is 2.47. The summed E-state index contributed by atoms with van der Waals surface area (Å²) in [5.41, 5.74) is 0.753. The molecule has 0 saturated heterocycles. The first-order chi connectivity index (χ1) is 8.66. The Morgan fingerprint density at radius 2 is 2.17 bits per heavy atom. The lowest BCUT2D eigenvalue weighted by Gasteiger charge is -2.10. The maximum absolute atomic E-state index is 11.1. The summed E-state index contributed by atoms with van der Waals surface area (Å²) in [7, 11) is 0. The summed E-state index contributed by atoms with van der Waals surface area (Å²) in [6.45, 7) is 0.773. The van der Waals surface area contributed by atoms with E-state index < -0.39 is 5.97 Å². The molecule has 0 aromatic heterocycles. The van der Waals surface area contributed by atoms with Gasteiger partial charge in [0.05, 0.1) is 10.7 Å². The normalized spacial score (nSPS) is 10.3. The predicted molar refractivity (Wildman–Crippen MR) is 79.1 cm³/mol. The van der Waals surface area contributed by atoms with Gasteiger partial charge in [-0.05, 0) is 37.0 Å². The fraction of sp³-hybridized carbons (Fsp3) is 0.462. The van der Waals surface area contributed by atoms with Crippen LogP contribution in [-0.2, 0) is 0 Å². The standard InChI is InChI=1S/C13H18ClNO2S/c1-18-9-4-2-3-8-15-11-7-5-6-10(14)12(11)13(16)17/h5-7,15H,2-4,8-9H2,1H3,(H,16,17). The summed E-state index contributed by atoms with van der Waals surface area (Å²) in [4.78, 5) is 11.1. The van der Waals surface area contributed by atoms with Crippen LogP contribution in [0.3, 0.4) is 0 Å². The molecule has 3 nitrogen and oxygen atoms in total. The van der Waals surface area contributed by atoms with Gasteiger partial charge in [-0.25, -0.2) is 4.79 Å². The summed E-state index contributed by atoms with van der Waals surface area (Å²) in [5.74, 6) is 0.183. The summed E-state index contributed by atoms with van der Waals surface area (Å²) >= 11 is 7.73. The Kier molecular flexibility index (Phi) is 6.98. The maximum atomic E-state index is 11.1. The molecule has 0 unspecified atom stereocenters. The average Bonchev–Trinajstić information content (AvgIpc) is 2.33. The monoisotopic (exact) mass is 287 g/mol. The highest BCUT2D eigenvalue weighted by Gasteiger charge is 2.13. The van der Waals surface area contributed by atoms with Crippen molar-refractivity contribution in [3.63, 3.8) is 0 Å². The first-order valence-electron chi connectivity index (χ1n) is 5.91. The van der Waals surface area contributed by atoms with Gasteiger partial charge in [0, 0.05) is 6.54 Å². The highest BCUT2D eigenvalue weighted by atomic mass is 35.5. The number of hydrogen-bond donors (Lipinski definition) is 2. The molecule has 0 aliphatic rings.